The molecule has 2 aliphatic rings. The fraction of sp³-hybridized carbons (Fsp3) is 0.727. The molecule has 19 heavy (non-hydrogen) atoms. The maximum absolute atomic E-state index is 12.6. The number of piperazine rings is 1. The number of halogens is 1. The van der Waals surface area contributed by atoms with Gasteiger partial charge < -0.3 is 9.88 Å². The summed E-state index contributed by atoms with van der Waals surface area (Å²) < 4.78 is 28.6. The molecule has 1 atom stereocenters. The molecule has 0 saturated carbocycles. The molecule has 6 nitrogen and oxygen atoms in total. The Bertz CT molecular complexity index is 557. The summed E-state index contributed by atoms with van der Waals surface area (Å²) in [5.74, 6) is 0.900. The van der Waals surface area contributed by atoms with Crippen molar-refractivity contribution in [3.8, 4) is 0 Å². The summed E-state index contributed by atoms with van der Waals surface area (Å²) in [4.78, 5) is 4.22. The number of nitrogens with one attached hydrogen (secondary N) is 1. The van der Waals surface area contributed by atoms with E-state index in [9.17, 15) is 8.42 Å². The van der Waals surface area contributed by atoms with Crippen molar-refractivity contribution in [2.24, 2.45) is 0 Å². The van der Waals surface area contributed by atoms with E-state index in [-0.39, 0.29) is 18.4 Å². The summed E-state index contributed by atoms with van der Waals surface area (Å²) in [6, 6.07) is 0.203. The molecule has 1 aromatic heterocycles. The number of sulfonamides is 1. The van der Waals surface area contributed by atoms with Gasteiger partial charge in [0.25, 0.3) is 10.0 Å². The molecule has 108 valence electrons. The third-order valence-corrected chi connectivity index (χ3v) is 5.49. The summed E-state index contributed by atoms with van der Waals surface area (Å²) in [5, 5.41) is 3.62. The lowest BCUT2D eigenvalue weighted by Crippen LogP contribution is -2.51. The topological polar surface area (TPSA) is 67.2 Å². The molecule has 0 aliphatic carbocycles. The summed E-state index contributed by atoms with van der Waals surface area (Å²) in [7, 11) is -3.38. The van der Waals surface area contributed by atoms with Gasteiger partial charge in [-0.25, -0.2) is 13.4 Å². The maximum atomic E-state index is 12.6. The normalized spacial score (nSPS) is 23.9. The molecule has 1 N–H and O–H groups in total. The molecule has 1 saturated heterocycles. The minimum Gasteiger partial charge on any atom is -0.318 e. The summed E-state index contributed by atoms with van der Waals surface area (Å²) in [6.07, 6.45) is 3.38. The van der Waals surface area contributed by atoms with E-state index in [4.69, 9.17) is 0 Å². The molecule has 0 unspecified atom stereocenters. The van der Waals surface area contributed by atoms with Crippen molar-refractivity contribution >= 4 is 22.4 Å². The zero-order valence-corrected chi connectivity index (χ0v) is 12.5. The SMILES string of the molecule is C[C@H]1CN(S(=O)(=O)c2cnc3n2CCC3)CCN1.Cl. The maximum Gasteiger partial charge on any atom is 0.260 e. The van der Waals surface area contributed by atoms with Crippen LogP contribution in [0, 0.1) is 0 Å². The second-order valence-electron chi connectivity index (χ2n) is 4.99. The first-order valence-electron chi connectivity index (χ1n) is 6.37. The predicted molar refractivity (Wildman–Crippen MR) is 74.0 cm³/mol. The number of aryl methyl sites for hydroxylation is 1. The van der Waals surface area contributed by atoms with E-state index in [1.807, 2.05) is 11.5 Å². The minimum atomic E-state index is -3.38. The number of nitrogens with zero attached hydrogens (tertiary/aromatic N) is 3. The summed E-state index contributed by atoms with van der Waals surface area (Å²) in [6.45, 7) is 4.55. The zero-order chi connectivity index (χ0) is 12.8. The van der Waals surface area contributed by atoms with Gasteiger partial charge in [-0.15, -0.1) is 12.4 Å². The standard InChI is InChI=1S/C11H18N4O2S.ClH/c1-9-8-14(6-4-12-9)18(16,17)11-7-13-10-3-2-5-15(10)11;/h7,9,12H,2-6,8H2,1H3;1H/t9-;/m0./s1. The van der Waals surface area contributed by atoms with Crippen LogP contribution in [0.2, 0.25) is 0 Å². The first-order chi connectivity index (χ1) is 8.59. The van der Waals surface area contributed by atoms with Gasteiger partial charge in [0.15, 0.2) is 5.03 Å². The Kier molecular flexibility index (Phi) is 4.20. The van der Waals surface area contributed by atoms with Crippen molar-refractivity contribution in [3.05, 3.63) is 12.0 Å². The van der Waals surface area contributed by atoms with Gasteiger partial charge in [-0.3, -0.25) is 0 Å². The van der Waals surface area contributed by atoms with Crippen LogP contribution in [-0.2, 0) is 23.0 Å². The van der Waals surface area contributed by atoms with E-state index < -0.39 is 10.0 Å². The molecule has 0 amide bonds. The zero-order valence-electron chi connectivity index (χ0n) is 10.9. The van der Waals surface area contributed by atoms with Crippen molar-refractivity contribution in [1.29, 1.82) is 0 Å². The largest absolute Gasteiger partial charge is 0.318 e. The average Bonchev–Trinajstić information content (AvgIpc) is 2.90. The van der Waals surface area contributed by atoms with E-state index in [0.717, 1.165) is 25.2 Å². The molecule has 0 spiro atoms. The van der Waals surface area contributed by atoms with Gasteiger partial charge in [0.2, 0.25) is 0 Å². The summed E-state index contributed by atoms with van der Waals surface area (Å²) >= 11 is 0. The van der Waals surface area contributed by atoms with Crippen LogP contribution in [0.15, 0.2) is 11.2 Å². The van der Waals surface area contributed by atoms with Crippen LogP contribution in [-0.4, -0.2) is 48.0 Å². The van der Waals surface area contributed by atoms with Crippen LogP contribution in [0.1, 0.15) is 19.2 Å². The van der Waals surface area contributed by atoms with Crippen molar-refractivity contribution in [3.63, 3.8) is 0 Å². The highest BCUT2D eigenvalue weighted by atomic mass is 35.5. The predicted octanol–water partition coefficient (Wildman–Crippen LogP) is 0.233. The van der Waals surface area contributed by atoms with Gasteiger partial charge in [-0.05, 0) is 13.3 Å². The van der Waals surface area contributed by atoms with Crippen LogP contribution >= 0.6 is 12.4 Å². The molecule has 2 aliphatic heterocycles. The monoisotopic (exact) mass is 306 g/mol. The lowest BCUT2D eigenvalue weighted by atomic mass is 10.3. The smallest absolute Gasteiger partial charge is 0.260 e. The van der Waals surface area contributed by atoms with Crippen LogP contribution < -0.4 is 5.32 Å². The molecule has 3 heterocycles. The Labute approximate surface area is 119 Å². The Morgan fingerprint density at radius 1 is 1.42 bits per heavy atom. The van der Waals surface area contributed by atoms with Crippen LogP contribution in [0.4, 0.5) is 0 Å². The molecular weight excluding hydrogens is 288 g/mol. The van der Waals surface area contributed by atoms with Gasteiger partial charge in [0.1, 0.15) is 5.82 Å². The number of hydrogen-bond donors (Lipinski definition) is 1. The fourth-order valence-electron chi connectivity index (χ4n) is 2.68. The molecule has 1 fully saturated rings. The van der Waals surface area contributed by atoms with E-state index in [1.165, 1.54) is 6.20 Å². The second kappa shape index (κ2) is 5.40. The van der Waals surface area contributed by atoms with Crippen LogP contribution in [0.3, 0.4) is 0 Å². The first kappa shape index (κ1) is 14.8. The van der Waals surface area contributed by atoms with E-state index in [1.54, 1.807) is 4.31 Å². The minimum absolute atomic E-state index is 0. The molecule has 3 rings (SSSR count). The van der Waals surface area contributed by atoms with Crippen LogP contribution in [0.25, 0.3) is 0 Å². The van der Waals surface area contributed by atoms with Gasteiger partial charge in [-0.1, -0.05) is 0 Å². The number of hydrogen-bond acceptors (Lipinski definition) is 4. The Hall–Kier alpha value is -0.630. The second-order valence-corrected chi connectivity index (χ2v) is 6.87. The first-order valence-corrected chi connectivity index (χ1v) is 7.81. The highest BCUT2D eigenvalue weighted by Gasteiger charge is 2.32. The highest BCUT2D eigenvalue weighted by molar-refractivity contribution is 7.89. The number of imidazole rings is 1. The van der Waals surface area contributed by atoms with Crippen molar-refractivity contribution in [1.82, 2.24) is 19.2 Å². The quantitative estimate of drug-likeness (QED) is 0.849. The number of aromatic nitrogens is 2. The number of rotatable bonds is 2. The third-order valence-electron chi connectivity index (χ3n) is 3.62. The van der Waals surface area contributed by atoms with Gasteiger partial charge in [-0.2, -0.15) is 4.31 Å². The lowest BCUT2D eigenvalue weighted by Gasteiger charge is -2.30. The lowest BCUT2D eigenvalue weighted by molar-refractivity contribution is 0.308. The van der Waals surface area contributed by atoms with E-state index >= 15 is 0 Å². The molecule has 0 aromatic carbocycles. The van der Waals surface area contributed by atoms with Gasteiger partial charge in [0, 0.05) is 38.6 Å². The Balaban J connectivity index is 0.00000133. The number of fused-ring (bicyclic) bond motifs is 1. The molecule has 1 aromatic rings. The summed E-state index contributed by atoms with van der Waals surface area (Å²) in [5.41, 5.74) is 0. The van der Waals surface area contributed by atoms with Gasteiger partial charge >= 0.3 is 0 Å². The van der Waals surface area contributed by atoms with Crippen LogP contribution in [0.5, 0.6) is 0 Å². The molecular formula is C11H19ClN4O2S. The van der Waals surface area contributed by atoms with Crippen molar-refractivity contribution < 1.29 is 8.42 Å². The third kappa shape index (κ3) is 2.52. The van der Waals surface area contributed by atoms with E-state index in [2.05, 4.69) is 10.3 Å². The molecule has 0 bridgehead atoms. The van der Waals surface area contributed by atoms with Crippen molar-refractivity contribution in [2.75, 3.05) is 19.6 Å². The Morgan fingerprint density at radius 3 is 2.95 bits per heavy atom. The fourth-order valence-corrected chi connectivity index (χ4v) is 4.36. The molecule has 0 radical (unpaired) electrons. The average molecular weight is 307 g/mol. The van der Waals surface area contributed by atoms with Gasteiger partial charge in [0.05, 0.1) is 6.20 Å². The highest BCUT2D eigenvalue weighted by Crippen LogP contribution is 2.23. The van der Waals surface area contributed by atoms with Crippen molar-refractivity contribution in [2.45, 2.75) is 37.4 Å². The van der Waals surface area contributed by atoms with E-state index in [0.29, 0.717) is 24.7 Å². The Morgan fingerprint density at radius 2 is 2.21 bits per heavy atom. The molecule has 8 heteroatoms.